The van der Waals surface area contributed by atoms with E-state index >= 15 is 0 Å². The van der Waals surface area contributed by atoms with Gasteiger partial charge in [0.25, 0.3) is 0 Å². The Bertz CT molecular complexity index is 524. The topological polar surface area (TPSA) is 65.1 Å². The molecule has 1 aromatic carbocycles. The van der Waals surface area contributed by atoms with Crippen LogP contribution >= 0.6 is 0 Å². The van der Waals surface area contributed by atoms with Crippen molar-refractivity contribution in [1.82, 2.24) is 4.90 Å². The first-order valence-corrected chi connectivity index (χ1v) is 7.97. The van der Waals surface area contributed by atoms with E-state index in [0.29, 0.717) is 6.42 Å². The molecule has 1 atom stereocenters. The Morgan fingerprint density at radius 1 is 1.17 bits per heavy atom. The fourth-order valence-electron chi connectivity index (χ4n) is 2.13. The number of nitrogens with zero attached hydrogens (tertiary/aromatic N) is 1. The van der Waals surface area contributed by atoms with E-state index in [2.05, 4.69) is 0 Å². The Morgan fingerprint density at radius 2 is 1.79 bits per heavy atom. The zero-order valence-corrected chi connectivity index (χ0v) is 15.1. The molecule has 134 valence electrons. The van der Waals surface area contributed by atoms with Crippen molar-refractivity contribution in [3.05, 3.63) is 35.9 Å². The molecule has 6 heteroatoms. The molecule has 1 rings (SSSR count). The van der Waals surface area contributed by atoms with Gasteiger partial charge in [-0.1, -0.05) is 30.3 Å². The van der Waals surface area contributed by atoms with Crippen molar-refractivity contribution in [3.8, 4) is 0 Å². The average Bonchev–Trinajstić information content (AvgIpc) is 2.50. The number of hydrogen-bond donors (Lipinski definition) is 0. The summed E-state index contributed by atoms with van der Waals surface area (Å²) in [6, 6.07) is 8.63. The first kappa shape index (κ1) is 20.0. The monoisotopic (exact) mass is 337 g/mol. The molecule has 24 heavy (non-hydrogen) atoms. The quantitative estimate of drug-likeness (QED) is 0.565. The van der Waals surface area contributed by atoms with Crippen LogP contribution in [0, 0.1) is 0 Å². The molecule has 0 radical (unpaired) electrons. The lowest BCUT2D eigenvalue weighted by molar-refractivity contribution is -0.151. The minimum atomic E-state index is -0.817. The Morgan fingerprint density at radius 3 is 2.29 bits per heavy atom. The molecule has 1 aromatic rings. The summed E-state index contributed by atoms with van der Waals surface area (Å²) in [6.45, 7) is 7.21. The fourth-order valence-corrected chi connectivity index (χ4v) is 2.13. The van der Waals surface area contributed by atoms with E-state index in [9.17, 15) is 9.59 Å². The van der Waals surface area contributed by atoms with Crippen LogP contribution in [0.5, 0.6) is 0 Å². The molecular weight excluding hydrogens is 310 g/mol. The van der Waals surface area contributed by atoms with Crippen LogP contribution in [0.25, 0.3) is 0 Å². The van der Waals surface area contributed by atoms with Gasteiger partial charge in [0.2, 0.25) is 0 Å². The molecule has 6 nitrogen and oxygen atoms in total. The zero-order chi connectivity index (χ0) is 18.2. The first-order chi connectivity index (χ1) is 11.3. The van der Waals surface area contributed by atoms with E-state index in [1.165, 1.54) is 12.0 Å². The Labute approximate surface area is 143 Å². The molecule has 0 bridgehead atoms. The van der Waals surface area contributed by atoms with Crippen molar-refractivity contribution in [2.45, 2.75) is 45.8 Å². The molecular formula is C18H27NO5. The Hall–Kier alpha value is -2.08. The number of methoxy groups -OCH3 is 1. The maximum absolute atomic E-state index is 12.5. The number of benzene rings is 1. The van der Waals surface area contributed by atoms with Gasteiger partial charge in [0.05, 0.1) is 6.61 Å². The maximum atomic E-state index is 12.5. The summed E-state index contributed by atoms with van der Waals surface area (Å²) in [4.78, 5) is 26.2. The third-order valence-corrected chi connectivity index (χ3v) is 3.10. The van der Waals surface area contributed by atoms with Gasteiger partial charge < -0.3 is 14.2 Å². The highest BCUT2D eigenvalue weighted by molar-refractivity contribution is 5.81. The normalized spacial score (nSPS) is 12.4. The van der Waals surface area contributed by atoms with Crippen LogP contribution < -0.4 is 0 Å². The van der Waals surface area contributed by atoms with Crippen molar-refractivity contribution < 1.29 is 23.8 Å². The molecule has 0 aliphatic carbocycles. The zero-order valence-electron chi connectivity index (χ0n) is 15.1. The molecule has 0 aliphatic rings. The summed E-state index contributed by atoms with van der Waals surface area (Å²) >= 11 is 0. The van der Waals surface area contributed by atoms with Crippen molar-refractivity contribution in [1.29, 1.82) is 0 Å². The number of hydrogen-bond acceptors (Lipinski definition) is 5. The van der Waals surface area contributed by atoms with Crippen LogP contribution in [0.15, 0.2) is 30.3 Å². The van der Waals surface area contributed by atoms with Gasteiger partial charge in [0.1, 0.15) is 18.4 Å². The minimum Gasteiger partial charge on any atom is -0.464 e. The number of carbonyl (C=O) groups is 2. The lowest BCUT2D eigenvalue weighted by Crippen LogP contribution is -2.49. The number of esters is 1. The Kier molecular flexibility index (Phi) is 7.71. The second kappa shape index (κ2) is 9.27. The smallest absolute Gasteiger partial charge is 0.412 e. The predicted molar refractivity (Wildman–Crippen MR) is 90.5 cm³/mol. The lowest BCUT2D eigenvalue weighted by Gasteiger charge is -2.31. The van der Waals surface area contributed by atoms with E-state index in [1.54, 1.807) is 27.7 Å². The molecule has 1 amide bonds. The largest absolute Gasteiger partial charge is 0.464 e. The van der Waals surface area contributed by atoms with Crippen LogP contribution in [-0.2, 0) is 25.4 Å². The molecule has 0 N–H and O–H groups in total. The van der Waals surface area contributed by atoms with Crippen molar-refractivity contribution >= 4 is 12.1 Å². The fraction of sp³-hybridized carbons (Fsp3) is 0.556. The van der Waals surface area contributed by atoms with Gasteiger partial charge in [-0.25, -0.2) is 9.59 Å². The van der Waals surface area contributed by atoms with Crippen LogP contribution in [0.4, 0.5) is 4.79 Å². The molecule has 0 aliphatic heterocycles. The minimum absolute atomic E-state index is 0.0643. The molecule has 0 aromatic heterocycles. The maximum Gasteiger partial charge on any atom is 0.412 e. The summed E-state index contributed by atoms with van der Waals surface area (Å²) in [5.41, 5.74) is 0.245. The van der Waals surface area contributed by atoms with Crippen molar-refractivity contribution in [3.63, 3.8) is 0 Å². The van der Waals surface area contributed by atoms with Crippen LogP contribution in [0.1, 0.15) is 33.3 Å². The summed E-state index contributed by atoms with van der Waals surface area (Å²) in [5, 5.41) is 0. The highest BCUT2D eigenvalue weighted by Gasteiger charge is 2.34. The van der Waals surface area contributed by atoms with E-state index in [1.807, 2.05) is 30.3 Å². The number of amides is 1. The highest BCUT2D eigenvalue weighted by Crippen LogP contribution is 2.16. The number of ether oxygens (including phenoxy) is 3. The van der Waals surface area contributed by atoms with E-state index in [-0.39, 0.29) is 13.3 Å². The summed E-state index contributed by atoms with van der Waals surface area (Å²) < 4.78 is 15.6. The van der Waals surface area contributed by atoms with Gasteiger partial charge in [-0.3, -0.25) is 4.90 Å². The number of carbonyl (C=O) groups excluding carboxylic acids is 2. The summed E-state index contributed by atoms with van der Waals surface area (Å²) in [7, 11) is 1.46. The van der Waals surface area contributed by atoms with Crippen molar-refractivity contribution in [2.24, 2.45) is 0 Å². The van der Waals surface area contributed by atoms with Crippen molar-refractivity contribution in [2.75, 3.05) is 20.4 Å². The van der Waals surface area contributed by atoms with E-state index in [4.69, 9.17) is 14.2 Å². The Balaban J connectivity index is 3.05. The molecule has 0 saturated carbocycles. The molecule has 0 fully saturated rings. The third-order valence-electron chi connectivity index (χ3n) is 3.10. The van der Waals surface area contributed by atoms with E-state index < -0.39 is 23.7 Å². The second-order valence-corrected chi connectivity index (χ2v) is 6.33. The SMILES string of the molecule is CCOC(=O)[C@H](Cc1ccccc1)N(COC)C(=O)OC(C)(C)C. The van der Waals surface area contributed by atoms with Crippen LogP contribution in [0.2, 0.25) is 0 Å². The standard InChI is InChI=1S/C18H27NO5/c1-6-23-16(20)15(12-14-10-8-7-9-11-14)19(13-22-5)17(21)24-18(2,3)4/h7-11,15H,6,12-13H2,1-5H3/t15-/m0/s1. The summed E-state index contributed by atoms with van der Waals surface area (Å²) in [5.74, 6) is -0.482. The predicted octanol–water partition coefficient (Wildman–Crippen LogP) is 3.00. The van der Waals surface area contributed by atoms with Gasteiger partial charge >= 0.3 is 12.1 Å². The van der Waals surface area contributed by atoms with Crippen LogP contribution in [-0.4, -0.2) is 49.1 Å². The number of rotatable bonds is 7. The molecule has 0 saturated heterocycles. The lowest BCUT2D eigenvalue weighted by atomic mass is 10.1. The van der Waals surface area contributed by atoms with E-state index in [0.717, 1.165) is 5.56 Å². The first-order valence-electron chi connectivity index (χ1n) is 7.97. The van der Waals surface area contributed by atoms with Gasteiger partial charge in [0, 0.05) is 13.5 Å². The molecule has 0 spiro atoms. The van der Waals surface area contributed by atoms with Gasteiger partial charge in [0.15, 0.2) is 0 Å². The highest BCUT2D eigenvalue weighted by atomic mass is 16.6. The third kappa shape index (κ3) is 6.58. The van der Waals surface area contributed by atoms with Crippen LogP contribution in [0.3, 0.4) is 0 Å². The van der Waals surface area contributed by atoms with Gasteiger partial charge in [-0.15, -0.1) is 0 Å². The summed E-state index contributed by atoms with van der Waals surface area (Å²) in [6.07, 6.45) is -0.291. The molecule has 0 unspecified atom stereocenters. The molecule has 0 heterocycles. The van der Waals surface area contributed by atoms with Gasteiger partial charge in [-0.2, -0.15) is 0 Å². The second-order valence-electron chi connectivity index (χ2n) is 6.33. The average molecular weight is 337 g/mol. The van der Waals surface area contributed by atoms with Gasteiger partial charge in [-0.05, 0) is 33.3 Å².